The number of benzene rings is 2. The normalized spacial score (nSPS) is 10.8. The summed E-state index contributed by atoms with van der Waals surface area (Å²) in [5.41, 5.74) is -0.707. The predicted octanol–water partition coefficient (Wildman–Crippen LogP) is 6.12. The van der Waals surface area contributed by atoms with Crippen LogP contribution in [0.2, 0.25) is 0 Å². The highest BCUT2D eigenvalue weighted by Crippen LogP contribution is 2.30. The quantitative estimate of drug-likeness (QED) is 0.111. The van der Waals surface area contributed by atoms with E-state index in [1.807, 2.05) is 0 Å². The molecular formula is C22H21F5O4. The van der Waals surface area contributed by atoms with E-state index in [9.17, 15) is 31.5 Å². The lowest BCUT2D eigenvalue weighted by atomic mass is 10.1. The van der Waals surface area contributed by atoms with Crippen molar-refractivity contribution in [3.05, 3.63) is 64.5 Å². The number of esters is 2. The van der Waals surface area contributed by atoms with Gasteiger partial charge in [0.1, 0.15) is 0 Å². The molecule has 0 N–H and O–H groups in total. The maximum atomic E-state index is 13.8. The molecule has 0 heterocycles. The van der Waals surface area contributed by atoms with E-state index in [0.29, 0.717) is 6.42 Å². The molecule has 0 unspecified atom stereocenters. The summed E-state index contributed by atoms with van der Waals surface area (Å²) in [5, 5.41) is 0. The van der Waals surface area contributed by atoms with Crippen LogP contribution in [0.15, 0.2) is 24.3 Å². The van der Waals surface area contributed by atoms with Crippen molar-refractivity contribution in [1.82, 2.24) is 0 Å². The Morgan fingerprint density at radius 2 is 1.19 bits per heavy atom. The average molecular weight is 444 g/mol. The first-order valence-electron chi connectivity index (χ1n) is 9.79. The summed E-state index contributed by atoms with van der Waals surface area (Å²) in [6.07, 6.45) is 5.78. The van der Waals surface area contributed by atoms with E-state index in [1.165, 1.54) is 18.2 Å². The molecule has 0 aliphatic heterocycles. The van der Waals surface area contributed by atoms with Crippen LogP contribution in [-0.4, -0.2) is 18.5 Å². The van der Waals surface area contributed by atoms with E-state index in [0.717, 1.165) is 38.2 Å². The van der Waals surface area contributed by atoms with Gasteiger partial charge in [-0.1, -0.05) is 51.2 Å². The minimum atomic E-state index is -2.38. The number of carbonyl (C=O) groups excluding carboxylic acids is 2. The van der Waals surface area contributed by atoms with Gasteiger partial charge in [0, 0.05) is 0 Å². The standard InChI is InChI=1S/C22H21F5O4/c1-2-3-4-5-6-9-12-30-21(28)13-10-7-8-11-14(13)22(29)31-20-18(26)16(24)15(23)17(25)19(20)27/h7-8,10-11H,2-6,9,12H2,1H3. The largest absolute Gasteiger partial charge is 0.462 e. The Kier molecular flexibility index (Phi) is 8.96. The summed E-state index contributed by atoms with van der Waals surface area (Å²) >= 11 is 0. The fourth-order valence-corrected chi connectivity index (χ4v) is 2.79. The van der Waals surface area contributed by atoms with Crippen molar-refractivity contribution in [3.63, 3.8) is 0 Å². The SMILES string of the molecule is CCCCCCCCOC(=O)c1ccccc1C(=O)Oc1c(F)c(F)c(F)c(F)c1F. The minimum absolute atomic E-state index is 0.103. The zero-order valence-corrected chi connectivity index (χ0v) is 16.8. The average Bonchev–Trinajstić information content (AvgIpc) is 2.78. The van der Waals surface area contributed by atoms with Crippen molar-refractivity contribution in [3.8, 4) is 5.75 Å². The topological polar surface area (TPSA) is 52.6 Å². The van der Waals surface area contributed by atoms with E-state index in [4.69, 9.17) is 4.74 Å². The Balaban J connectivity index is 2.10. The van der Waals surface area contributed by atoms with Crippen LogP contribution >= 0.6 is 0 Å². The Morgan fingerprint density at radius 1 is 0.710 bits per heavy atom. The van der Waals surface area contributed by atoms with Crippen LogP contribution in [0.5, 0.6) is 5.75 Å². The summed E-state index contributed by atoms with van der Waals surface area (Å²) in [4.78, 5) is 24.6. The van der Waals surface area contributed by atoms with Crippen molar-refractivity contribution in [2.75, 3.05) is 6.61 Å². The first kappa shape index (κ1) is 24.3. The summed E-state index contributed by atoms with van der Waals surface area (Å²) in [6, 6.07) is 5.07. The second-order valence-electron chi connectivity index (χ2n) is 6.74. The molecule has 0 saturated heterocycles. The molecule has 0 atom stereocenters. The Labute approximate surface area is 176 Å². The third kappa shape index (κ3) is 6.02. The van der Waals surface area contributed by atoms with Crippen molar-refractivity contribution < 1.29 is 41.0 Å². The van der Waals surface area contributed by atoms with Crippen LogP contribution in [0.25, 0.3) is 0 Å². The van der Waals surface area contributed by atoms with Crippen LogP contribution < -0.4 is 4.74 Å². The predicted molar refractivity (Wildman–Crippen MR) is 101 cm³/mol. The van der Waals surface area contributed by atoms with Gasteiger partial charge in [0.05, 0.1) is 17.7 Å². The van der Waals surface area contributed by atoms with Crippen LogP contribution in [0.4, 0.5) is 22.0 Å². The van der Waals surface area contributed by atoms with Gasteiger partial charge in [-0.05, 0) is 18.6 Å². The molecule has 0 aromatic heterocycles. The number of hydrogen-bond donors (Lipinski definition) is 0. The van der Waals surface area contributed by atoms with E-state index >= 15 is 0 Å². The van der Waals surface area contributed by atoms with Crippen LogP contribution in [-0.2, 0) is 4.74 Å². The van der Waals surface area contributed by atoms with Crippen LogP contribution in [0, 0.1) is 29.1 Å². The van der Waals surface area contributed by atoms with Crippen LogP contribution in [0.3, 0.4) is 0 Å². The van der Waals surface area contributed by atoms with Gasteiger partial charge in [-0.15, -0.1) is 0 Å². The maximum Gasteiger partial charge on any atom is 0.344 e. The molecule has 168 valence electrons. The van der Waals surface area contributed by atoms with E-state index < -0.39 is 52.3 Å². The molecule has 2 aromatic rings. The number of halogens is 5. The third-order valence-electron chi connectivity index (χ3n) is 4.46. The Bertz CT molecular complexity index is 917. The molecule has 0 fully saturated rings. The summed E-state index contributed by atoms with van der Waals surface area (Å²) in [7, 11) is 0. The molecule has 4 nitrogen and oxygen atoms in total. The number of ether oxygens (including phenoxy) is 2. The van der Waals surface area contributed by atoms with Gasteiger partial charge in [-0.25, -0.2) is 22.8 Å². The van der Waals surface area contributed by atoms with E-state index in [-0.39, 0.29) is 12.2 Å². The van der Waals surface area contributed by atoms with Gasteiger partial charge < -0.3 is 9.47 Å². The lowest BCUT2D eigenvalue weighted by Gasteiger charge is -2.11. The molecule has 0 radical (unpaired) electrons. The Hall–Kier alpha value is -2.97. The zero-order chi connectivity index (χ0) is 23.0. The molecule has 31 heavy (non-hydrogen) atoms. The molecule has 0 bridgehead atoms. The van der Waals surface area contributed by atoms with E-state index in [2.05, 4.69) is 11.7 Å². The maximum absolute atomic E-state index is 13.8. The molecule has 9 heteroatoms. The molecule has 0 aliphatic carbocycles. The highest BCUT2D eigenvalue weighted by atomic mass is 19.2. The van der Waals surface area contributed by atoms with Crippen molar-refractivity contribution in [1.29, 1.82) is 0 Å². The van der Waals surface area contributed by atoms with Gasteiger partial charge in [0.2, 0.25) is 34.8 Å². The van der Waals surface area contributed by atoms with Crippen molar-refractivity contribution in [2.24, 2.45) is 0 Å². The molecule has 0 saturated carbocycles. The number of hydrogen-bond acceptors (Lipinski definition) is 4. The summed E-state index contributed by atoms with van der Waals surface area (Å²) < 4.78 is 76.8. The molecule has 0 spiro atoms. The van der Waals surface area contributed by atoms with Crippen molar-refractivity contribution >= 4 is 11.9 Å². The summed E-state index contributed by atoms with van der Waals surface area (Å²) in [6.45, 7) is 2.20. The fraction of sp³-hybridized carbons (Fsp3) is 0.364. The molecule has 0 amide bonds. The van der Waals surface area contributed by atoms with Crippen LogP contribution in [0.1, 0.15) is 66.2 Å². The third-order valence-corrected chi connectivity index (χ3v) is 4.46. The van der Waals surface area contributed by atoms with Gasteiger partial charge in [-0.2, -0.15) is 8.78 Å². The summed E-state index contributed by atoms with van der Waals surface area (Å²) in [5.74, 6) is -15.6. The smallest absolute Gasteiger partial charge is 0.344 e. The molecule has 2 rings (SSSR count). The number of unbranched alkanes of at least 4 members (excludes halogenated alkanes) is 5. The first-order valence-corrected chi connectivity index (χ1v) is 9.79. The first-order chi connectivity index (χ1) is 14.8. The lowest BCUT2D eigenvalue weighted by molar-refractivity contribution is 0.0489. The van der Waals surface area contributed by atoms with Gasteiger partial charge in [0.25, 0.3) is 0 Å². The molecule has 2 aromatic carbocycles. The second-order valence-corrected chi connectivity index (χ2v) is 6.74. The number of rotatable bonds is 10. The van der Waals surface area contributed by atoms with Gasteiger partial charge in [0.15, 0.2) is 0 Å². The number of carbonyl (C=O) groups is 2. The fourth-order valence-electron chi connectivity index (χ4n) is 2.79. The minimum Gasteiger partial charge on any atom is -0.462 e. The highest BCUT2D eigenvalue weighted by molar-refractivity contribution is 6.03. The van der Waals surface area contributed by atoms with Gasteiger partial charge >= 0.3 is 11.9 Å². The molecular weight excluding hydrogens is 423 g/mol. The zero-order valence-electron chi connectivity index (χ0n) is 16.8. The second kappa shape index (κ2) is 11.4. The monoisotopic (exact) mass is 444 g/mol. The van der Waals surface area contributed by atoms with Gasteiger partial charge in [-0.3, -0.25) is 0 Å². The van der Waals surface area contributed by atoms with Crippen molar-refractivity contribution in [2.45, 2.75) is 45.4 Å². The lowest BCUT2D eigenvalue weighted by Crippen LogP contribution is -2.18. The van der Waals surface area contributed by atoms with E-state index in [1.54, 1.807) is 0 Å². The highest BCUT2D eigenvalue weighted by Gasteiger charge is 2.30. The Morgan fingerprint density at radius 3 is 1.77 bits per heavy atom. The molecule has 0 aliphatic rings.